The molecule has 2 fully saturated rings. The van der Waals surface area contributed by atoms with Crippen molar-refractivity contribution < 1.29 is 9.59 Å². The summed E-state index contributed by atoms with van der Waals surface area (Å²) in [6, 6.07) is 10.6. The first-order chi connectivity index (χ1) is 16.0. The molecule has 1 saturated heterocycles. The zero-order chi connectivity index (χ0) is 23.2. The molecule has 4 rings (SSSR count). The number of piperidine rings is 1. The maximum Gasteiger partial charge on any atom is 0.257 e. The molecule has 33 heavy (non-hydrogen) atoms. The van der Waals surface area contributed by atoms with Crippen molar-refractivity contribution in [1.82, 2.24) is 15.2 Å². The van der Waals surface area contributed by atoms with Gasteiger partial charge >= 0.3 is 0 Å². The minimum Gasteiger partial charge on any atom is -0.353 e. The Labute approximate surface area is 197 Å². The Morgan fingerprint density at radius 3 is 2.67 bits per heavy atom. The molecule has 1 saturated carbocycles. The number of nitrogens with one attached hydrogen (secondary N) is 2. The van der Waals surface area contributed by atoms with Gasteiger partial charge in [-0.15, -0.1) is 0 Å². The zero-order valence-corrected chi connectivity index (χ0v) is 19.8. The molecular formula is C27H36N4O2. The number of anilines is 1. The second-order valence-corrected chi connectivity index (χ2v) is 9.79. The second kappa shape index (κ2) is 10.9. The zero-order valence-electron chi connectivity index (χ0n) is 19.8. The molecule has 6 nitrogen and oxygen atoms in total. The van der Waals surface area contributed by atoms with E-state index in [2.05, 4.69) is 33.5 Å². The highest BCUT2D eigenvalue weighted by Gasteiger charge is 2.31. The van der Waals surface area contributed by atoms with Gasteiger partial charge in [0.2, 0.25) is 5.91 Å². The lowest BCUT2D eigenvalue weighted by molar-refractivity contribution is -0.128. The highest BCUT2D eigenvalue weighted by Crippen LogP contribution is 2.26. The van der Waals surface area contributed by atoms with Crippen LogP contribution in [0.5, 0.6) is 0 Å². The van der Waals surface area contributed by atoms with Gasteiger partial charge in [0.25, 0.3) is 5.91 Å². The largest absolute Gasteiger partial charge is 0.353 e. The number of pyridine rings is 1. The first-order valence-corrected chi connectivity index (χ1v) is 12.3. The molecule has 1 aromatic carbocycles. The van der Waals surface area contributed by atoms with E-state index in [9.17, 15) is 9.59 Å². The normalized spacial score (nSPS) is 22.0. The van der Waals surface area contributed by atoms with E-state index in [1.54, 1.807) is 12.4 Å². The molecule has 2 heterocycles. The van der Waals surface area contributed by atoms with Crippen LogP contribution in [0.25, 0.3) is 0 Å². The van der Waals surface area contributed by atoms with E-state index < -0.39 is 0 Å². The van der Waals surface area contributed by atoms with Crippen LogP contribution in [0.3, 0.4) is 0 Å². The van der Waals surface area contributed by atoms with Crippen molar-refractivity contribution in [1.29, 1.82) is 0 Å². The van der Waals surface area contributed by atoms with Crippen molar-refractivity contribution in [2.75, 3.05) is 11.9 Å². The molecule has 2 aromatic rings. The van der Waals surface area contributed by atoms with Gasteiger partial charge in [-0.1, -0.05) is 31.4 Å². The molecule has 1 aliphatic heterocycles. The highest BCUT2D eigenvalue weighted by molar-refractivity contribution is 6.04. The van der Waals surface area contributed by atoms with Crippen molar-refractivity contribution in [2.24, 2.45) is 5.92 Å². The van der Waals surface area contributed by atoms with Crippen LogP contribution in [0.1, 0.15) is 73.4 Å². The first kappa shape index (κ1) is 23.4. The van der Waals surface area contributed by atoms with Gasteiger partial charge in [-0.2, -0.15) is 0 Å². The third-order valence-electron chi connectivity index (χ3n) is 7.04. The van der Waals surface area contributed by atoms with Crippen LogP contribution in [0.4, 0.5) is 5.69 Å². The molecule has 2 aliphatic rings. The van der Waals surface area contributed by atoms with Crippen LogP contribution >= 0.6 is 0 Å². The Morgan fingerprint density at radius 1 is 1.09 bits per heavy atom. The average Bonchev–Trinajstić information content (AvgIpc) is 2.81. The minimum atomic E-state index is -0.151. The van der Waals surface area contributed by atoms with Gasteiger partial charge in [-0.25, -0.2) is 0 Å². The maximum atomic E-state index is 12.8. The number of carbonyl (C=O) groups excluding carboxylic acids is 2. The quantitative estimate of drug-likeness (QED) is 0.672. The standard InChI is InChI=1S/C27H36N4O2/c1-19-13-23(17-28-16-19)27(33)30-25-10-6-7-21(15-25)18-31-12-11-22(14-20(31)2)26(32)29-24-8-4-3-5-9-24/h6-7,10,13,15-17,20,22,24H,3-5,8-9,11-12,14,18H2,1-2H3,(H,29,32)(H,30,33). The van der Waals surface area contributed by atoms with Crippen molar-refractivity contribution in [3.63, 3.8) is 0 Å². The number of likely N-dealkylation sites (tertiary alicyclic amines) is 1. The molecule has 2 N–H and O–H groups in total. The minimum absolute atomic E-state index is 0.117. The Balaban J connectivity index is 1.30. The summed E-state index contributed by atoms with van der Waals surface area (Å²) in [5, 5.41) is 6.30. The van der Waals surface area contributed by atoms with Crippen LogP contribution in [-0.4, -0.2) is 40.3 Å². The monoisotopic (exact) mass is 448 g/mol. The number of hydrogen-bond donors (Lipinski definition) is 2. The summed E-state index contributed by atoms with van der Waals surface area (Å²) >= 11 is 0. The predicted octanol–water partition coefficient (Wildman–Crippen LogP) is 4.69. The van der Waals surface area contributed by atoms with Gasteiger partial charge in [0.15, 0.2) is 0 Å². The van der Waals surface area contributed by atoms with Crippen LogP contribution < -0.4 is 10.6 Å². The van der Waals surface area contributed by atoms with E-state index in [-0.39, 0.29) is 17.7 Å². The molecule has 1 aromatic heterocycles. The summed E-state index contributed by atoms with van der Waals surface area (Å²) in [4.78, 5) is 31.9. The summed E-state index contributed by atoms with van der Waals surface area (Å²) in [7, 11) is 0. The topological polar surface area (TPSA) is 74.3 Å². The lowest BCUT2D eigenvalue weighted by atomic mass is 9.89. The second-order valence-electron chi connectivity index (χ2n) is 9.79. The van der Waals surface area contributed by atoms with E-state index in [1.165, 1.54) is 19.3 Å². The summed E-state index contributed by atoms with van der Waals surface area (Å²) in [5.74, 6) is 0.219. The van der Waals surface area contributed by atoms with Crippen LogP contribution in [0, 0.1) is 12.8 Å². The van der Waals surface area contributed by atoms with E-state index in [0.717, 1.165) is 55.6 Å². The maximum absolute atomic E-state index is 12.8. The fraction of sp³-hybridized carbons (Fsp3) is 0.519. The molecule has 2 unspecified atom stereocenters. The van der Waals surface area contributed by atoms with E-state index >= 15 is 0 Å². The van der Waals surface area contributed by atoms with Gasteiger partial charge in [-0.05, 0) is 75.4 Å². The SMILES string of the molecule is Cc1cncc(C(=O)Nc2cccc(CN3CCC(C(=O)NC4CCCCC4)CC3C)c2)c1. The molecule has 2 atom stereocenters. The summed E-state index contributed by atoms with van der Waals surface area (Å²) < 4.78 is 0. The van der Waals surface area contributed by atoms with E-state index in [0.29, 0.717) is 17.6 Å². The Kier molecular flexibility index (Phi) is 7.76. The molecule has 0 bridgehead atoms. The number of hydrogen-bond acceptors (Lipinski definition) is 4. The van der Waals surface area contributed by atoms with Gasteiger partial charge < -0.3 is 10.6 Å². The van der Waals surface area contributed by atoms with Gasteiger partial charge in [0, 0.05) is 42.6 Å². The fourth-order valence-electron chi connectivity index (χ4n) is 5.12. The number of aromatic nitrogens is 1. The number of nitrogens with zero attached hydrogens (tertiary/aromatic N) is 2. The van der Waals surface area contributed by atoms with Crippen LogP contribution in [0.2, 0.25) is 0 Å². The third-order valence-corrected chi connectivity index (χ3v) is 7.04. The molecule has 0 radical (unpaired) electrons. The average molecular weight is 449 g/mol. The van der Waals surface area contributed by atoms with Crippen molar-refractivity contribution in [2.45, 2.75) is 77.4 Å². The third kappa shape index (κ3) is 6.41. The van der Waals surface area contributed by atoms with Gasteiger partial charge in [0.05, 0.1) is 5.56 Å². The van der Waals surface area contributed by atoms with Crippen molar-refractivity contribution in [3.8, 4) is 0 Å². The Bertz CT molecular complexity index is 970. The number of amides is 2. The van der Waals surface area contributed by atoms with E-state index in [4.69, 9.17) is 0 Å². The highest BCUT2D eigenvalue weighted by atomic mass is 16.2. The molecular weight excluding hydrogens is 412 g/mol. The van der Waals surface area contributed by atoms with Crippen molar-refractivity contribution in [3.05, 3.63) is 59.4 Å². The summed E-state index contributed by atoms with van der Waals surface area (Å²) in [6.45, 7) is 5.87. The number of rotatable bonds is 6. The summed E-state index contributed by atoms with van der Waals surface area (Å²) in [6.07, 6.45) is 11.2. The molecule has 1 aliphatic carbocycles. The number of aryl methyl sites for hydroxylation is 1. The Hall–Kier alpha value is -2.73. The van der Waals surface area contributed by atoms with Crippen LogP contribution in [-0.2, 0) is 11.3 Å². The van der Waals surface area contributed by atoms with E-state index in [1.807, 2.05) is 31.2 Å². The van der Waals surface area contributed by atoms with Crippen molar-refractivity contribution >= 4 is 17.5 Å². The Morgan fingerprint density at radius 2 is 1.91 bits per heavy atom. The van der Waals surface area contributed by atoms with Crippen LogP contribution in [0.15, 0.2) is 42.7 Å². The lowest BCUT2D eigenvalue weighted by Gasteiger charge is -2.38. The van der Waals surface area contributed by atoms with Gasteiger partial charge in [0.1, 0.15) is 0 Å². The van der Waals surface area contributed by atoms with Gasteiger partial charge in [-0.3, -0.25) is 19.5 Å². The molecule has 0 spiro atoms. The first-order valence-electron chi connectivity index (χ1n) is 12.3. The lowest BCUT2D eigenvalue weighted by Crippen LogP contribution is -2.47. The number of carbonyl (C=O) groups is 2. The molecule has 6 heteroatoms. The predicted molar refractivity (Wildman–Crippen MR) is 131 cm³/mol. The fourth-order valence-corrected chi connectivity index (χ4v) is 5.12. The summed E-state index contributed by atoms with van der Waals surface area (Å²) in [5.41, 5.74) is 3.46. The smallest absolute Gasteiger partial charge is 0.257 e. The molecule has 176 valence electrons. The number of benzene rings is 1. The molecule has 2 amide bonds.